The van der Waals surface area contributed by atoms with E-state index in [2.05, 4.69) is 26.7 Å². The monoisotopic (exact) mass is 1350 g/mol. The largest absolute Gasteiger partial charge is 0.396 e. The van der Waals surface area contributed by atoms with E-state index in [-0.39, 0.29) is 47.9 Å². The van der Waals surface area contributed by atoms with Crippen molar-refractivity contribution in [2.45, 2.75) is 89.4 Å². The number of aliphatic hydroxyl groups excluding tert-OH is 2. The van der Waals surface area contributed by atoms with Crippen LogP contribution in [-0.4, -0.2) is 254 Å². The van der Waals surface area contributed by atoms with Crippen LogP contribution in [-0.2, 0) is 30.6 Å². The number of oxime groups is 1. The maximum atomic E-state index is 13.8. The fraction of sp³-hybridized carbons (Fsp3) is 0.719. The van der Waals surface area contributed by atoms with Gasteiger partial charge in [0.05, 0.1) is 38.1 Å². The Morgan fingerprint density at radius 3 is 1.73 bits per heavy atom. The number of benzene rings is 1. The van der Waals surface area contributed by atoms with Crippen LogP contribution in [0, 0.1) is 0 Å². The number of hydrogen-bond acceptors (Lipinski definition) is 19. The smallest absolute Gasteiger partial charge is 0.223 e. The number of amides is 4. The molecule has 2 aliphatic heterocycles. The van der Waals surface area contributed by atoms with Gasteiger partial charge in [0.2, 0.25) is 23.6 Å². The van der Waals surface area contributed by atoms with E-state index in [1.807, 2.05) is 81.1 Å². The summed E-state index contributed by atoms with van der Waals surface area (Å²) in [4.78, 5) is 77.9. The van der Waals surface area contributed by atoms with Crippen LogP contribution in [0.3, 0.4) is 0 Å². The average Bonchev–Trinajstić information content (AvgIpc) is 3.67. The first-order valence-corrected chi connectivity index (χ1v) is 39.0. The number of guanidine groups is 3. The minimum Gasteiger partial charge on any atom is -0.396 e. The molecule has 0 aliphatic carbocycles. The third-order valence-electron chi connectivity index (χ3n) is 12.7. The molecule has 0 saturated carbocycles. The maximum absolute atomic E-state index is 13.8. The molecule has 86 heavy (non-hydrogen) atoms. The molecule has 490 valence electrons. The van der Waals surface area contributed by atoms with Gasteiger partial charge in [-0.1, -0.05) is 35.5 Å². The van der Waals surface area contributed by atoms with E-state index in [1.54, 1.807) is 57.4 Å². The number of aliphatic imine (C=N–C) groups is 3. The maximum Gasteiger partial charge on any atom is 0.223 e. The molecule has 2 atom stereocenters. The summed E-state index contributed by atoms with van der Waals surface area (Å²) in [7, 11) is 0. The van der Waals surface area contributed by atoms with E-state index >= 15 is 0 Å². The molecule has 2 unspecified atom stereocenters. The Balaban J connectivity index is 1.80. The summed E-state index contributed by atoms with van der Waals surface area (Å²) in [5, 5.41) is 25.9. The molecule has 4 amide bonds. The Hall–Kier alpha value is -3.16. The quantitative estimate of drug-likeness (QED) is 0.0200. The highest BCUT2D eigenvalue weighted by Crippen LogP contribution is 2.19. The highest BCUT2D eigenvalue weighted by Gasteiger charge is 2.20. The Morgan fingerprint density at radius 1 is 0.616 bits per heavy atom. The highest BCUT2D eigenvalue weighted by molar-refractivity contribution is 8.01. The molecule has 0 spiro atoms. The SMILES string of the molecule is C=CCN(CCN=C(N)N)C(=O)CCSCCCSCCCN(CCN=C(N)N)C(=O)CCSCC(O)C(O)CSCCCN1Cc2ccc(cc2)/C=N\OCCCSCCCSCCC(=O)N(CCN=C(N)N)CCCSCCCSCCC1=O. The van der Waals surface area contributed by atoms with Gasteiger partial charge in [0, 0.05) is 113 Å². The van der Waals surface area contributed by atoms with Crippen molar-refractivity contribution < 1.29 is 34.2 Å². The van der Waals surface area contributed by atoms with Crippen molar-refractivity contribution in [1.82, 2.24) is 19.6 Å². The van der Waals surface area contributed by atoms with E-state index in [0.29, 0.717) is 121 Å². The zero-order chi connectivity index (χ0) is 62.7. The second-order valence-electron chi connectivity index (χ2n) is 19.9. The van der Waals surface area contributed by atoms with Crippen molar-refractivity contribution in [3.8, 4) is 0 Å². The molecule has 3 rings (SSSR count). The van der Waals surface area contributed by atoms with Crippen molar-refractivity contribution in [1.29, 1.82) is 0 Å². The van der Waals surface area contributed by atoms with Crippen LogP contribution in [0.1, 0.15) is 81.8 Å². The third kappa shape index (κ3) is 43.5. The lowest BCUT2D eigenvalue weighted by molar-refractivity contribution is -0.132. The first kappa shape index (κ1) is 78.9. The van der Waals surface area contributed by atoms with Crippen LogP contribution in [0.25, 0.3) is 0 Å². The van der Waals surface area contributed by atoms with Crippen molar-refractivity contribution >= 4 is 142 Å². The van der Waals surface area contributed by atoms with Gasteiger partial charge in [0.25, 0.3) is 0 Å². The van der Waals surface area contributed by atoms with E-state index < -0.39 is 12.2 Å². The Kier molecular flexibility index (Phi) is 49.2. The molecule has 0 saturated heterocycles. The molecule has 1 aromatic carbocycles. The van der Waals surface area contributed by atoms with Gasteiger partial charge in [-0.3, -0.25) is 34.2 Å². The number of fused-ring (bicyclic) bond motifs is 28. The van der Waals surface area contributed by atoms with Crippen molar-refractivity contribution in [3.63, 3.8) is 0 Å². The fourth-order valence-electron chi connectivity index (χ4n) is 8.07. The van der Waals surface area contributed by atoms with Crippen LogP contribution < -0.4 is 34.4 Å². The number of aliphatic hydroxyl groups is 2. The summed E-state index contributed by atoms with van der Waals surface area (Å²) in [6.07, 6.45) is 9.70. The topological polar surface area (TPSA) is 336 Å². The average molecular weight is 1350 g/mol. The molecule has 21 nitrogen and oxygen atoms in total. The van der Waals surface area contributed by atoms with Crippen LogP contribution in [0.15, 0.2) is 57.1 Å². The summed E-state index contributed by atoms with van der Waals surface area (Å²) >= 11 is 14.0. The van der Waals surface area contributed by atoms with Crippen LogP contribution in [0.5, 0.6) is 0 Å². The lowest BCUT2D eigenvalue weighted by Crippen LogP contribution is -2.35. The molecule has 29 heteroatoms. The number of carbonyl (C=O) groups excluding carboxylic acids is 4. The number of rotatable bonds is 34. The van der Waals surface area contributed by atoms with Gasteiger partial charge < -0.3 is 69.1 Å². The van der Waals surface area contributed by atoms with Crippen molar-refractivity contribution in [2.75, 3.05) is 164 Å². The number of nitrogens with zero attached hydrogens (tertiary/aromatic N) is 8. The van der Waals surface area contributed by atoms with Gasteiger partial charge >= 0.3 is 0 Å². The molecule has 0 aromatic heterocycles. The Labute approximate surface area is 547 Å². The van der Waals surface area contributed by atoms with Crippen LogP contribution >= 0.6 is 94.1 Å². The van der Waals surface area contributed by atoms with Crippen LogP contribution in [0.4, 0.5) is 0 Å². The van der Waals surface area contributed by atoms with Gasteiger partial charge in [-0.05, 0) is 114 Å². The lowest BCUT2D eigenvalue weighted by atomic mass is 10.1. The zero-order valence-electron chi connectivity index (χ0n) is 50.6. The van der Waals surface area contributed by atoms with E-state index in [0.717, 1.165) is 125 Å². The second kappa shape index (κ2) is 53.7. The van der Waals surface area contributed by atoms with E-state index in [9.17, 15) is 29.4 Å². The van der Waals surface area contributed by atoms with Gasteiger partial charge in [0.1, 0.15) is 6.61 Å². The van der Waals surface area contributed by atoms with Crippen molar-refractivity contribution in [3.05, 3.63) is 48.0 Å². The Morgan fingerprint density at radius 2 is 1.12 bits per heavy atom. The summed E-state index contributed by atoms with van der Waals surface area (Å²) in [6.45, 7) is 9.47. The molecule has 14 N–H and O–H groups in total. The minimum absolute atomic E-state index is 0.00684. The van der Waals surface area contributed by atoms with Crippen molar-refractivity contribution in [2.24, 2.45) is 54.5 Å². The third-order valence-corrected chi connectivity index (χ3v) is 21.6. The highest BCUT2D eigenvalue weighted by atomic mass is 32.2. The first-order valence-electron chi connectivity index (χ1n) is 29.8. The number of nitrogens with two attached hydrogens (primary N) is 6. The molecule has 2 heterocycles. The first-order chi connectivity index (χ1) is 41.7. The van der Waals surface area contributed by atoms with Gasteiger partial charge in [-0.15, -0.1) is 6.58 Å². The molecular weight excluding hydrogens is 1250 g/mol. The number of thioether (sulfide) groups is 8. The van der Waals surface area contributed by atoms with Gasteiger partial charge in [0.15, 0.2) is 17.9 Å². The molecule has 1 aromatic rings. The number of carbonyl (C=O) groups is 4. The van der Waals surface area contributed by atoms with Gasteiger partial charge in [-0.2, -0.15) is 94.1 Å². The molecular formula is C57H102N14O7S8. The summed E-state index contributed by atoms with van der Waals surface area (Å²) in [6, 6.07) is 8.04. The predicted molar refractivity (Wildman–Crippen MR) is 379 cm³/mol. The van der Waals surface area contributed by atoms with E-state index in [1.165, 1.54) is 11.8 Å². The summed E-state index contributed by atoms with van der Waals surface area (Å²) < 4.78 is 0. The lowest BCUT2D eigenvalue weighted by Gasteiger charge is -2.23. The standard InChI is InChI=1S/C57H102N14O7S8/c1-2-21-68(25-18-64-55(58)59)51(74)14-39-82-36-7-33-80-30-4-23-70(27-20-66-57(62)63)53(76)17-42-86-46-50(73)49(72)45-85-31-5-24-71-44-48-12-10-47(11-13-48)43-67-78-28-6-32-81-35-9-38-83-40-15-52(75)69(26-19-65-56(60)61)22-3-29-79-34-8-37-84-41-16-54(71)77/h2,10-13,43,49-50,72-73H,1,3-9,14-42,44-46H2,(H4,58,59,64)(H4,60,61,65)(H4,62,63,66)/b67-43-. The summed E-state index contributed by atoms with van der Waals surface area (Å²) in [5.41, 5.74) is 35.0. The zero-order valence-corrected chi connectivity index (χ0v) is 57.2. The molecule has 0 fully saturated rings. The molecule has 2 aliphatic rings. The fourth-order valence-corrected chi connectivity index (χ4v) is 15.8. The number of hydrogen-bond donors (Lipinski definition) is 8. The Bertz CT molecular complexity index is 2100. The molecule has 2 bridgehead atoms. The molecule has 0 radical (unpaired) electrons. The normalized spacial score (nSPS) is 16.3. The second-order valence-corrected chi connectivity index (χ2v) is 29.5. The predicted octanol–water partition coefficient (Wildman–Crippen LogP) is 4.75. The van der Waals surface area contributed by atoms with Crippen LogP contribution in [0.2, 0.25) is 0 Å². The van der Waals surface area contributed by atoms with E-state index in [4.69, 9.17) is 39.2 Å². The summed E-state index contributed by atoms with van der Waals surface area (Å²) in [5.74, 6) is 13.3. The minimum atomic E-state index is -0.948. The van der Waals surface area contributed by atoms with Gasteiger partial charge in [-0.25, -0.2) is 0 Å².